The lowest BCUT2D eigenvalue weighted by Crippen LogP contribution is -2.14. The lowest BCUT2D eigenvalue weighted by Gasteiger charge is -2.11. The lowest BCUT2D eigenvalue weighted by atomic mass is 10.0. The van der Waals surface area contributed by atoms with Gasteiger partial charge in [-0.1, -0.05) is 18.2 Å². The van der Waals surface area contributed by atoms with Crippen LogP contribution in [0, 0.1) is 0 Å². The molecule has 19 heavy (non-hydrogen) atoms. The summed E-state index contributed by atoms with van der Waals surface area (Å²) in [6, 6.07) is 10.1. The fourth-order valence-electron chi connectivity index (χ4n) is 2.30. The number of hydrogen-bond donors (Lipinski definition) is 1. The largest absolute Gasteiger partial charge is 0.340 e. The van der Waals surface area contributed by atoms with Gasteiger partial charge in [-0.15, -0.1) is 0 Å². The first-order valence-electron chi connectivity index (χ1n) is 6.30. The van der Waals surface area contributed by atoms with Crippen LogP contribution in [0.3, 0.4) is 0 Å². The van der Waals surface area contributed by atoms with E-state index in [0.717, 1.165) is 23.0 Å². The predicted octanol–water partition coefficient (Wildman–Crippen LogP) is 2.21. The van der Waals surface area contributed by atoms with Crippen molar-refractivity contribution in [3.8, 4) is 0 Å². The monoisotopic (exact) mass is 252 g/mol. The van der Waals surface area contributed by atoms with Gasteiger partial charge in [0, 0.05) is 24.8 Å². The van der Waals surface area contributed by atoms with Crippen LogP contribution >= 0.6 is 0 Å². The van der Waals surface area contributed by atoms with Crippen molar-refractivity contribution in [2.45, 2.75) is 12.5 Å². The highest BCUT2D eigenvalue weighted by Crippen LogP contribution is 2.21. The van der Waals surface area contributed by atoms with E-state index in [2.05, 4.69) is 16.0 Å². The Balaban J connectivity index is 1.93. The zero-order valence-electron chi connectivity index (χ0n) is 10.8. The summed E-state index contributed by atoms with van der Waals surface area (Å²) in [5, 5.41) is 1.16. The Bertz CT molecular complexity index is 697. The molecule has 0 aliphatic carbocycles. The number of nitrogens with zero attached hydrogens (tertiary/aromatic N) is 3. The molecule has 0 fully saturated rings. The molecule has 1 unspecified atom stereocenters. The highest BCUT2D eigenvalue weighted by atomic mass is 15.0. The summed E-state index contributed by atoms with van der Waals surface area (Å²) in [5.41, 5.74) is 9.37. The van der Waals surface area contributed by atoms with Crippen LogP contribution in [0.15, 0.2) is 49.1 Å². The highest BCUT2D eigenvalue weighted by molar-refractivity contribution is 5.81. The number of aromatic nitrogens is 3. The first kappa shape index (κ1) is 11.9. The van der Waals surface area contributed by atoms with Gasteiger partial charge in [0.2, 0.25) is 0 Å². The van der Waals surface area contributed by atoms with E-state index in [4.69, 9.17) is 5.73 Å². The number of pyridine rings is 1. The topological polar surface area (TPSA) is 56.7 Å². The highest BCUT2D eigenvalue weighted by Gasteiger charge is 2.11. The minimum atomic E-state index is -0.0907. The summed E-state index contributed by atoms with van der Waals surface area (Å²) in [7, 11) is 1.95. The average molecular weight is 252 g/mol. The predicted molar refractivity (Wildman–Crippen MR) is 75.6 cm³/mol. The minimum Gasteiger partial charge on any atom is -0.340 e. The van der Waals surface area contributed by atoms with Gasteiger partial charge in [0.25, 0.3) is 0 Å². The Morgan fingerprint density at radius 3 is 2.84 bits per heavy atom. The van der Waals surface area contributed by atoms with Gasteiger partial charge in [-0.3, -0.25) is 4.98 Å². The van der Waals surface area contributed by atoms with E-state index < -0.39 is 0 Å². The number of rotatable bonds is 3. The maximum Gasteiger partial charge on any atom is 0.0947 e. The van der Waals surface area contributed by atoms with Crippen LogP contribution < -0.4 is 5.73 Å². The van der Waals surface area contributed by atoms with Crippen molar-refractivity contribution in [3.63, 3.8) is 0 Å². The molecule has 2 N–H and O–H groups in total. The van der Waals surface area contributed by atoms with E-state index in [1.807, 2.05) is 48.3 Å². The summed E-state index contributed by atoms with van der Waals surface area (Å²) >= 11 is 0. The molecule has 0 bridgehead atoms. The van der Waals surface area contributed by atoms with E-state index in [1.165, 1.54) is 5.56 Å². The first-order valence-corrected chi connectivity index (χ1v) is 6.30. The summed E-state index contributed by atoms with van der Waals surface area (Å²) < 4.78 is 1.92. The van der Waals surface area contributed by atoms with Gasteiger partial charge in [0.15, 0.2) is 0 Å². The molecule has 0 spiro atoms. The summed E-state index contributed by atoms with van der Waals surface area (Å²) in [6.07, 6.45) is 6.34. The van der Waals surface area contributed by atoms with E-state index in [-0.39, 0.29) is 6.04 Å². The number of nitrogens with two attached hydrogens (primary N) is 1. The molecule has 96 valence electrons. The van der Waals surface area contributed by atoms with Crippen molar-refractivity contribution in [2.75, 3.05) is 0 Å². The second kappa shape index (κ2) is 4.82. The van der Waals surface area contributed by atoms with Crippen molar-refractivity contribution in [3.05, 3.63) is 60.3 Å². The molecule has 2 heterocycles. The maximum atomic E-state index is 6.24. The van der Waals surface area contributed by atoms with Gasteiger partial charge in [0.05, 0.1) is 23.6 Å². The van der Waals surface area contributed by atoms with Crippen LogP contribution in [0.2, 0.25) is 0 Å². The molecule has 0 amide bonds. The average Bonchev–Trinajstić information content (AvgIpc) is 2.86. The Morgan fingerprint density at radius 1 is 1.21 bits per heavy atom. The molecule has 0 radical (unpaired) electrons. The summed E-state index contributed by atoms with van der Waals surface area (Å²) in [6.45, 7) is 0. The second-order valence-corrected chi connectivity index (χ2v) is 4.76. The van der Waals surface area contributed by atoms with Crippen molar-refractivity contribution in [2.24, 2.45) is 12.8 Å². The molecular formula is C15H16N4. The molecule has 0 aliphatic rings. The van der Waals surface area contributed by atoms with E-state index in [0.29, 0.717) is 0 Å². The third kappa shape index (κ3) is 2.35. The fraction of sp³-hybridized carbons (Fsp3) is 0.200. The van der Waals surface area contributed by atoms with Crippen molar-refractivity contribution in [1.82, 2.24) is 14.5 Å². The Kier molecular flexibility index (Phi) is 3.01. The van der Waals surface area contributed by atoms with Gasteiger partial charge < -0.3 is 10.3 Å². The van der Waals surface area contributed by atoms with Crippen molar-refractivity contribution >= 4 is 10.9 Å². The molecule has 1 atom stereocenters. The Hall–Kier alpha value is -2.20. The Morgan fingerprint density at radius 2 is 2.05 bits per heavy atom. The van der Waals surface area contributed by atoms with Crippen molar-refractivity contribution in [1.29, 1.82) is 0 Å². The van der Waals surface area contributed by atoms with Gasteiger partial charge in [-0.25, -0.2) is 4.98 Å². The summed E-state index contributed by atoms with van der Waals surface area (Å²) in [5.74, 6) is 0. The third-order valence-electron chi connectivity index (χ3n) is 3.28. The van der Waals surface area contributed by atoms with Crippen LogP contribution in [0.25, 0.3) is 10.9 Å². The zero-order chi connectivity index (χ0) is 13.2. The molecule has 3 aromatic rings. The quantitative estimate of drug-likeness (QED) is 0.777. The SMILES string of the molecule is Cn1cnc(C(N)Cc2ccnc3ccccc23)c1. The van der Waals surface area contributed by atoms with Gasteiger partial charge in [-0.05, 0) is 24.1 Å². The zero-order valence-corrected chi connectivity index (χ0v) is 10.8. The first-order chi connectivity index (χ1) is 9.24. The molecule has 0 saturated carbocycles. The molecule has 0 saturated heterocycles. The molecule has 2 aromatic heterocycles. The standard InChI is InChI=1S/C15H16N4/c1-19-9-15(18-10-19)13(16)8-11-6-7-17-14-5-3-2-4-12(11)14/h2-7,9-10,13H,8,16H2,1H3. The number of aryl methyl sites for hydroxylation is 1. The smallest absolute Gasteiger partial charge is 0.0947 e. The number of imidazole rings is 1. The van der Waals surface area contributed by atoms with Gasteiger partial charge in [0.1, 0.15) is 0 Å². The number of hydrogen-bond acceptors (Lipinski definition) is 3. The number of benzene rings is 1. The lowest BCUT2D eigenvalue weighted by molar-refractivity contribution is 0.703. The van der Waals surface area contributed by atoms with Crippen LogP contribution in [-0.2, 0) is 13.5 Å². The molecule has 4 heteroatoms. The van der Waals surface area contributed by atoms with E-state index >= 15 is 0 Å². The maximum absolute atomic E-state index is 6.24. The van der Waals surface area contributed by atoms with Crippen LogP contribution in [0.4, 0.5) is 0 Å². The van der Waals surface area contributed by atoms with Gasteiger partial charge in [-0.2, -0.15) is 0 Å². The molecule has 1 aromatic carbocycles. The van der Waals surface area contributed by atoms with E-state index in [9.17, 15) is 0 Å². The van der Waals surface area contributed by atoms with Gasteiger partial charge >= 0.3 is 0 Å². The Labute approximate surface area is 111 Å². The minimum absolute atomic E-state index is 0.0907. The van der Waals surface area contributed by atoms with Crippen LogP contribution in [-0.4, -0.2) is 14.5 Å². The van der Waals surface area contributed by atoms with Crippen molar-refractivity contribution < 1.29 is 0 Å². The molecule has 4 nitrogen and oxygen atoms in total. The molecule has 0 aliphatic heterocycles. The fourth-order valence-corrected chi connectivity index (χ4v) is 2.30. The number of para-hydroxylation sites is 1. The third-order valence-corrected chi connectivity index (χ3v) is 3.28. The molecular weight excluding hydrogens is 236 g/mol. The normalized spacial score (nSPS) is 12.7. The van der Waals surface area contributed by atoms with E-state index in [1.54, 1.807) is 6.33 Å². The number of fused-ring (bicyclic) bond motifs is 1. The second-order valence-electron chi connectivity index (χ2n) is 4.76. The van der Waals surface area contributed by atoms with Crippen LogP contribution in [0.1, 0.15) is 17.3 Å². The van der Waals surface area contributed by atoms with Crippen LogP contribution in [0.5, 0.6) is 0 Å². The summed E-state index contributed by atoms with van der Waals surface area (Å²) in [4.78, 5) is 8.68. The molecule has 3 rings (SSSR count).